The lowest BCUT2D eigenvalue weighted by atomic mass is 10.00. The standard InChI is InChI=1S/C11H17NO3/c1-7-3-2-4-12(6-7)10(13)8-5-9(8)11(14)15/h7-9H,2-6H2,1H3,(H,14,15)/t7-,8+,9-/m0/s1. The van der Waals surface area contributed by atoms with Gasteiger partial charge in [-0.15, -0.1) is 0 Å². The molecule has 84 valence electrons. The Morgan fingerprint density at radius 2 is 2.07 bits per heavy atom. The van der Waals surface area contributed by atoms with Gasteiger partial charge in [-0.2, -0.15) is 0 Å². The Hall–Kier alpha value is -1.06. The Morgan fingerprint density at radius 1 is 1.33 bits per heavy atom. The van der Waals surface area contributed by atoms with Crippen molar-refractivity contribution in [3.8, 4) is 0 Å². The van der Waals surface area contributed by atoms with E-state index in [1.54, 1.807) is 0 Å². The van der Waals surface area contributed by atoms with Crippen LogP contribution < -0.4 is 0 Å². The Balaban J connectivity index is 1.89. The zero-order valence-corrected chi connectivity index (χ0v) is 8.98. The summed E-state index contributed by atoms with van der Waals surface area (Å²) >= 11 is 0. The average Bonchev–Trinajstić information content (AvgIpc) is 2.96. The van der Waals surface area contributed by atoms with Crippen LogP contribution in [0, 0.1) is 17.8 Å². The number of aliphatic carboxylic acids is 1. The van der Waals surface area contributed by atoms with Gasteiger partial charge in [-0.1, -0.05) is 6.92 Å². The highest BCUT2D eigenvalue weighted by Crippen LogP contribution is 2.40. The summed E-state index contributed by atoms with van der Waals surface area (Å²) in [5.74, 6) is -0.834. The molecular weight excluding hydrogens is 194 g/mol. The summed E-state index contributed by atoms with van der Waals surface area (Å²) in [6.07, 6.45) is 2.77. The number of hydrogen-bond donors (Lipinski definition) is 1. The van der Waals surface area contributed by atoms with Gasteiger partial charge in [0.05, 0.1) is 11.8 Å². The molecule has 3 atom stereocenters. The van der Waals surface area contributed by atoms with Gasteiger partial charge in [0.15, 0.2) is 0 Å². The molecule has 4 nitrogen and oxygen atoms in total. The van der Waals surface area contributed by atoms with E-state index >= 15 is 0 Å². The van der Waals surface area contributed by atoms with Gasteiger partial charge in [-0.3, -0.25) is 9.59 Å². The van der Waals surface area contributed by atoms with E-state index in [0.717, 1.165) is 19.5 Å². The van der Waals surface area contributed by atoms with Crippen LogP contribution in [-0.2, 0) is 9.59 Å². The second kappa shape index (κ2) is 3.83. The molecule has 1 heterocycles. The van der Waals surface area contributed by atoms with Crippen molar-refractivity contribution < 1.29 is 14.7 Å². The molecule has 1 aliphatic carbocycles. The van der Waals surface area contributed by atoms with E-state index < -0.39 is 11.9 Å². The van der Waals surface area contributed by atoms with Crippen LogP contribution >= 0.6 is 0 Å². The van der Waals surface area contributed by atoms with E-state index in [1.807, 2.05) is 4.90 Å². The fourth-order valence-corrected chi connectivity index (χ4v) is 2.36. The summed E-state index contributed by atoms with van der Waals surface area (Å²) in [5, 5.41) is 8.75. The number of piperidine rings is 1. The first-order valence-corrected chi connectivity index (χ1v) is 5.61. The van der Waals surface area contributed by atoms with E-state index in [2.05, 4.69) is 6.92 Å². The normalized spacial score (nSPS) is 35.0. The molecule has 0 bridgehead atoms. The highest BCUT2D eigenvalue weighted by molar-refractivity contribution is 5.89. The third kappa shape index (κ3) is 2.13. The molecule has 0 aromatic carbocycles. The molecule has 1 saturated carbocycles. The first-order chi connectivity index (χ1) is 7.09. The Bertz CT molecular complexity index is 290. The molecule has 0 spiro atoms. The van der Waals surface area contributed by atoms with Crippen molar-refractivity contribution in [3.63, 3.8) is 0 Å². The lowest BCUT2D eigenvalue weighted by Crippen LogP contribution is -2.40. The smallest absolute Gasteiger partial charge is 0.307 e. The summed E-state index contributed by atoms with van der Waals surface area (Å²) in [5.41, 5.74) is 0. The second-order valence-electron chi connectivity index (χ2n) is 4.82. The largest absolute Gasteiger partial charge is 0.481 e. The fraction of sp³-hybridized carbons (Fsp3) is 0.818. The monoisotopic (exact) mass is 211 g/mol. The third-order valence-corrected chi connectivity index (χ3v) is 3.39. The molecular formula is C11H17NO3. The quantitative estimate of drug-likeness (QED) is 0.740. The second-order valence-corrected chi connectivity index (χ2v) is 4.82. The molecule has 0 aromatic heterocycles. The molecule has 2 rings (SSSR count). The molecule has 0 unspecified atom stereocenters. The number of carbonyl (C=O) groups is 2. The van der Waals surface area contributed by atoms with Crippen LogP contribution in [0.3, 0.4) is 0 Å². The predicted molar refractivity (Wildman–Crippen MR) is 54.2 cm³/mol. The molecule has 0 aromatic rings. The summed E-state index contributed by atoms with van der Waals surface area (Å²) < 4.78 is 0. The van der Waals surface area contributed by atoms with Gasteiger partial charge >= 0.3 is 5.97 Å². The van der Waals surface area contributed by atoms with Crippen LogP contribution in [0.15, 0.2) is 0 Å². The van der Waals surface area contributed by atoms with E-state index in [0.29, 0.717) is 12.3 Å². The summed E-state index contributed by atoms with van der Waals surface area (Å²) in [6, 6.07) is 0. The number of hydrogen-bond acceptors (Lipinski definition) is 2. The first-order valence-electron chi connectivity index (χ1n) is 5.61. The molecule has 1 aliphatic heterocycles. The molecule has 0 radical (unpaired) electrons. The first kappa shape index (κ1) is 10.5. The fourth-order valence-electron chi connectivity index (χ4n) is 2.36. The van der Waals surface area contributed by atoms with E-state index in [4.69, 9.17) is 5.11 Å². The van der Waals surface area contributed by atoms with Crippen LogP contribution in [0.25, 0.3) is 0 Å². The Labute approximate surface area is 89.3 Å². The van der Waals surface area contributed by atoms with Gasteiger partial charge < -0.3 is 10.0 Å². The molecule has 1 saturated heterocycles. The third-order valence-electron chi connectivity index (χ3n) is 3.39. The van der Waals surface area contributed by atoms with Crippen molar-refractivity contribution in [2.24, 2.45) is 17.8 Å². The topological polar surface area (TPSA) is 57.6 Å². The molecule has 15 heavy (non-hydrogen) atoms. The van der Waals surface area contributed by atoms with Crippen molar-refractivity contribution in [3.05, 3.63) is 0 Å². The Kier molecular flexibility index (Phi) is 2.67. The number of rotatable bonds is 2. The van der Waals surface area contributed by atoms with Gasteiger partial charge in [0.25, 0.3) is 0 Å². The lowest BCUT2D eigenvalue weighted by Gasteiger charge is -2.31. The van der Waals surface area contributed by atoms with Crippen LogP contribution in [0.5, 0.6) is 0 Å². The maximum atomic E-state index is 11.9. The molecule has 4 heteroatoms. The van der Waals surface area contributed by atoms with Crippen LogP contribution in [0.2, 0.25) is 0 Å². The van der Waals surface area contributed by atoms with Crippen LogP contribution in [0.1, 0.15) is 26.2 Å². The van der Waals surface area contributed by atoms with Gasteiger partial charge in [0.2, 0.25) is 5.91 Å². The number of amides is 1. The maximum Gasteiger partial charge on any atom is 0.307 e. The maximum absolute atomic E-state index is 11.9. The number of carboxylic acids is 1. The van der Waals surface area contributed by atoms with Crippen LogP contribution in [0.4, 0.5) is 0 Å². The number of carboxylic acid groups (broad SMARTS) is 1. The predicted octanol–water partition coefficient (Wildman–Crippen LogP) is 0.966. The molecule has 2 fully saturated rings. The SMILES string of the molecule is C[C@H]1CCCN(C(=O)[C@@H]2C[C@@H]2C(=O)O)C1. The van der Waals surface area contributed by atoms with E-state index in [1.165, 1.54) is 6.42 Å². The molecule has 1 amide bonds. The van der Waals surface area contributed by atoms with Crippen molar-refractivity contribution in [2.75, 3.05) is 13.1 Å². The van der Waals surface area contributed by atoms with Gasteiger partial charge in [0.1, 0.15) is 0 Å². The minimum atomic E-state index is -0.821. The van der Waals surface area contributed by atoms with Gasteiger partial charge in [-0.25, -0.2) is 0 Å². The summed E-state index contributed by atoms with van der Waals surface area (Å²) in [4.78, 5) is 24.4. The zero-order chi connectivity index (χ0) is 11.0. The zero-order valence-electron chi connectivity index (χ0n) is 8.98. The Morgan fingerprint density at radius 3 is 2.60 bits per heavy atom. The van der Waals surface area contributed by atoms with Gasteiger partial charge in [-0.05, 0) is 25.2 Å². The number of nitrogens with zero attached hydrogens (tertiary/aromatic N) is 1. The minimum absolute atomic E-state index is 0.0638. The minimum Gasteiger partial charge on any atom is -0.481 e. The summed E-state index contributed by atoms with van der Waals surface area (Å²) in [7, 11) is 0. The lowest BCUT2D eigenvalue weighted by molar-refractivity contribution is -0.142. The highest BCUT2D eigenvalue weighted by Gasteiger charge is 2.49. The van der Waals surface area contributed by atoms with Crippen molar-refractivity contribution >= 4 is 11.9 Å². The average molecular weight is 211 g/mol. The number of carbonyl (C=O) groups excluding carboxylic acids is 1. The molecule has 1 N–H and O–H groups in total. The molecule has 2 aliphatic rings. The van der Waals surface area contributed by atoms with E-state index in [-0.39, 0.29) is 11.8 Å². The highest BCUT2D eigenvalue weighted by atomic mass is 16.4. The number of likely N-dealkylation sites (tertiary alicyclic amines) is 1. The van der Waals surface area contributed by atoms with Crippen molar-refractivity contribution in [2.45, 2.75) is 26.2 Å². The van der Waals surface area contributed by atoms with E-state index in [9.17, 15) is 9.59 Å². The van der Waals surface area contributed by atoms with Crippen molar-refractivity contribution in [1.82, 2.24) is 4.90 Å². The van der Waals surface area contributed by atoms with Crippen LogP contribution in [-0.4, -0.2) is 35.0 Å². The summed E-state index contributed by atoms with van der Waals surface area (Å²) in [6.45, 7) is 3.76. The van der Waals surface area contributed by atoms with Crippen molar-refractivity contribution in [1.29, 1.82) is 0 Å². The van der Waals surface area contributed by atoms with Gasteiger partial charge in [0, 0.05) is 13.1 Å².